The van der Waals surface area contributed by atoms with Crippen LogP contribution in [0.3, 0.4) is 0 Å². The topological polar surface area (TPSA) is 121 Å². The highest BCUT2D eigenvalue weighted by Crippen LogP contribution is 2.25. The predicted octanol–water partition coefficient (Wildman–Crippen LogP) is 4.18. The molecule has 8 nitrogen and oxygen atoms in total. The maximum absolute atomic E-state index is 12.5. The van der Waals surface area contributed by atoms with Gasteiger partial charge in [0.15, 0.2) is 0 Å². The summed E-state index contributed by atoms with van der Waals surface area (Å²) in [4.78, 5) is 25.0. The third kappa shape index (κ3) is 5.89. The Morgan fingerprint density at radius 1 is 0.588 bits per heavy atom. The van der Waals surface area contributed by atoms with Crippen molar-refractivity contribution in [3.8, 4) is 0 Å². The Bertz CT molecular complexity index is 1280. The van der Waals surface area contributed by atoms with Crippen molar-refractivity contribution in [1.82, 2.24) is 0 Å². The molecule has 10 heteroatoms. The van der Waals surface area contributed by atoms with E-state index in [-0.39, 0.29) is 11.1 Å². The molecule has 0 aliphatic heterocycles. The molecule has 2 atom stereocenters. The Kier molecular flexibility index (Phi) is 7.53. The first-order valence-electron chi connectivity index (χ1n) is 10.2. The molecule has 0 N–H and O–H groups in total. The minimum absolute atomic E-state index is 0.258. The van der Waals surface area contributed by atoms with E-state index in [1.54, 1.807) is 60.7 Å². The molecule has 0 saturated heterocycles. The van der Waals surface area contributed by atoms with Crippen molar-refractivity contribution in [2.75, 3.05) is 0 Å². The molecule has 34 heavy (non-hydrogen) atoms. The fourth-order valence-corrected chi connectivity index (χ4v) is 4.89. The van der Waals surface area contributed by atoms with E-state index < -0.39 is 42.7 Å². The van der Waals surface area contributed by atoms with Gasteiger partial charge in [-0.2, -0.15) is 16.8 Å². The van der Waals surface area contributed by atoms with Crippen molar-refractivity contribution in [3.63, 3.8) is 0 Å². The van der Waals surface area contributed by atoms with Gasteiger partial charge in [0.05, 0.1) is 11.1 Å². The Hall–Kier alpha value is -3.50. The lowest BCUT2D eigenvalue weighted by molar-refractivity contribution is 0.0742. The average Bonchev–Trinajstić information content (AvgIpc) is 2.83. The smallest absolute Gasteiger partial charge is 0.341 e. The maximum Gasteiger partial charge on any atom is 0.353 e. The van der Waals surface area contributed by atoms with E-state index in [4.69, 9.17) is 8.37 Å². The van der Waals surface area contributed by atoms with Crippen LogP contribution in [0.25, 0.3) is 0 Å². The molecule has 0 heterocycles. The molecular formula is C24H22O8S2. The zero-order chi connectivity index (χ0) is 24.9. The lowest BCUT2D eigenvalue weighted by Gasteiger charge is -2.14. The van der Waals surface area contributed by atoms with Crippen molar-refractivity contribution in [1.29, 1.82) is 0 Å². The minimum Gasteiger partial charge on any atom is -0.341 e. The summed E-state index contributed by atoms with van der Waals surface area (Å²) in [5.41, 5.74) is 0.356. The summed E-state index contributed by atoms with van der Waals surface area (Å²) in [5, 5.41) is -2.23. The number of hydrogen-bond acceptors (Lipinski definition) is 8. The van der Waals surface area contributed by atoms with Crippen LogP contribution in [0.5, 0.6) is 0 Å². The van der Waals surface area contributed by atoms with Crippen molar-refractivity contribution in [2.45, 2.75) is 24.3 Å². The van der Waals surface area contributed by atoms with Gasteiger partial charge < -0.3 is 8.37 Å². The minimum atomic E-state index is -4.33. The molecule has 0 aliphatic rings. The lowest BCUT2D eigenvalue weighted by Crippen LogP contribution is -2.20. The number of rotatable bonds is 8. The molecule has 0 radical (unpaired) electrons. The Morgan fingerprint density at radius 2 is 0.941 bits per heavy atom. The summed E-state index contributed by atoms with van der Waals surface area (Å²) < 4.78 is 59.5. The third-order valence-corrected chi connectivity index (χ3v) is 8.17. The van der Waals surface area contributed by atoms with Crippen LogP contribution in [0, 0.1) is 0 Å². The van der Waals surface area contributed by atoms with E-state index >= 15 is 0 Å². The van der Waals surface area contributed by atoms with Crippen molar-refractivity contribution >= 4 is 32.2 Å². The van der Waals surface area contributed by atoms with Crippen LogP contribution >= 0.6 is 0 Å². The zero-order valence-corrected chi connectivity index (χ0v) is 20.0. The van der Waals surface area contributed by atoms with E-state index in [2.05, 4.69) is 0 Å². The van der Waals surface area contributed by atoms with E-state index in [1.807, 2.05) is 0 Å². The molecule has 0 aliphatic carbocycles. The largest absolute Gasteiger partial charge is 0.353 e. The van der Waals surface area contributed by atoms with Gasteiger partial charge in [-0.3, -0.25) is 0 Å². The monoisotopic (exact) mass is 502 g/mol. The molecule has 178 valence electrons. The average molecular weight is 503 g/mol. The number of carbonyl (C=O) groups is 2. The van der Waals surface area contributed by atoms with Crippen LogP contribution in [0.15, 0.2) is 84.9 Å². The first-order valence-corrected chi connectivity index (χ1v) is 13.1. The molecule has 0 fully saturated rings. The van der Waals surface area contributed by atoms with Gasteiger partial charge in [-0.25, -0.2) is 9.59 Å². The normalized spacial score (nSPS) is 13.5. The summed E-state index contributed by atoms with van der Waals surface area (Å²) in [6.45, 7) is 2.76. The lowest BCUT2D eigenvalue weighted by atomic mass is 10.1. The molecule has 3 rings (SSSR count). The molecule has 3 aromatic rings. The summed E-state index contributed by atoms with van der Waals surface area (Å²) >= 11 is 0. The molecule has 0 aromatic heterocycles. The number of hydrogen-bond donors (Lipinski definition) is 0. The van der Waals surface area contributed by atoms with E-state index in [0.29, 0.717) is 11.1 Å². The van der Waals surface area contributed by atoms with Gasteiger partial charge in [-0.1, -0.05) is 66.7 Å². The van der Waals surface area contributed by atoms with Crippen LogP contribution in [0.1, 0.15) is 56.2 Å². The van der Waals surface area contributed by atoms with Crippen LogP contribution in [-0.4, -0.2) is 28.8 Å². The second kappa shape index (κ2) is 10.2. The molecule has 0 bridgehead atoms. The van der Waals surface area contributed by atoms with Gasteiger partial charge >= 0.3 is 32.2 Å². The molecule has 0 saturated carbocycles. The Labute approximate surface area is 198 Å². The summed E-state index contributed by atoms with van der Waals surface area (Å²) in [6.07, 6.45) is 0. The van der Waals surface area contributed by atoms with Crippen LogP contribution in [0.4, 0.5) is 0 Å². The fraction of sp³-hybridized carbons (Fsp3) is 0.167. The summed E-state index contributed by atoms with van der Waals surface area (Å²) in [6, 6.07) is 21.2. The molecule has 0 amide bonds. The second-order valence-corrected chi connectivity index (χ2v) is 11.1. The molecule has 2 unspecified atom stereocenters. The molecular weight excluding hydrogens is 480 g/mol. The van der Waals surface area contributed by atoms with Crippen molar-refractivity contribution in [2.24, 2.45) is 0 Å². The van der Waals surface area contributed by atoms with Gasteiger partial charge in [0, 0.05) is 0 Å². The van der Waals surface area contributed by atoms with Crippen molar-refractivity contribution < 1.29 is 34.8 Å². The Balaban J connectivity index is 1.75. The maximum atomic E-state index is 12.5. The fourth-order valence-electron chi connectivity index (χ4n) is 3.01. The number of benzene rings is 3. The highest BCUT2D eigenvalue weighted by Gasteiger charge is 2.30. The van der Waals surface area contributed by atoms with Gasteiger partial charge in [-0.05, 0) is 43.2 Å². The van der Waals surface area contributed by atoms with Crippen LogP contribution in [-0.2, 0) is 28.6 Å². The van der Waals surface area contributed by atoms with E-state index in [9.17, 15) is 26.4 Å². The van der Waals surface area contributed by atoms with Gasteiger partial charge in [0.1, 0.15) is 10.5 Å². The van der Waals surface area contributed by atoms with Gasteiger partial charge in [0.25, 0.3) is 0 Å². The van der Waals surface area contributed by atoms with E-state index in [1.165, 1.54) is 32.0 Å². The predicted molar refractivity (Wildman–Crippen MR) is 125 cm³/mol. The number of carbonyl (C=O) groups excluding carboxylic acids is 2. The molecule has 3 aromatic carbocycles. The highest BCUT2D eigenvalue weighted by atomic mass is 32.2. The van der Waals surface area contributed by atoms with Crippen LogP contribution in [0.2, 0.25) is 0 Å². The first kappa shape index (κ1) is 25.1. The third-order valence-electron chi connectivity index (χ3n) is 5.12. The molecule has 0 spiro atoms. The quantitative estimate of drug-likeness (QED) is 0.421. The summed E-state index contributed by atoms with van der Waals surface area (Å²) in [7, 11) is -8.65. The first-order chi connectivity index (χ1) is 16.0. The van der Waals surface area contributed by atoms with Crippen molar-refractivity contribution in [3.05, 3.63) is 107 Å². The van der Waals surface area contributed by atoms with Gasteiger partial charge in [-0.15, -0.1) is 0 Å². The standard InChI is InChI=1S/C24H22O8S2/c1-17(19-10-5-3-6-11-19)33(27,28)31-23(25)21-14-9-15-22(16-21)24(26)32-34(29,30)18(2)20-12-7-4-8-13-20/h3-18H,1-2H3. The highest BCUT2D eigenvalue weighted by molar-refractivity contribution is 7.87. The zero-order valence-electron chi connectivity index (χ0n) is 18.3. The van der Waals surface area contributed by atoms with Gasteiger partial charge in [0.2, 0.25) is 0 Å². The Morgan fingerprint density at radius 3 is 1.29 bits per heavy atom. The second-order valence-electron chi connectivity index (χ2n) is 7.41. The van der Waals surface area contributed by atoms with Crippen LogP contribution < -0.4 is 0 Å². The van der Waals surface area contributed by atoms with E-state index in [0.717, 1.165) is 6.07 Å². The summed E-state index contributed by atoms with van der Waals surface area (Å²) in [5.74, 6) is -2.42. The SMILES string of the molecule is CC(c1ccccc1)S(=O)(=O)OC(=O)c1cccc(C(=O)OS(=O)(=O)C(C)c2ccccc2)c1.